The highest BCUT2D eigenvalue weighted by molar-refractivity contribution is 5.44. The third kappa shape index (κ3) is 3.20. The van der Waals surface area contributed by atoms with Crippen LogP contribution in [0.4, 0.5) is 5.82 Å². The number of anilines is 1. The Morgan fingerprint density at radius 2 is 2.12 bits per heavy atom. The minimum absolute atomic E-state index is 0.437. The fourth-order valence-electron chi connectivity index (χ4n) is 1.87. The smallest absolute Gasteiger partial charge is 0.129 e. The third-order valence-electron chi connectivity index (χ3n) is 2.90. The molecule has 0 aromatic carbocycles. The van der Waals surface area contributed by atoms with E-state index in [0.717, 1.165) is 36.8 Å². The zero-order chi connectivity index (χ0) is 12.2. The van der Waals surface area contributed by atoms with E-state index in [4.69, 9.17) is 5.73 Å². The topological polar surface area (TPSA) is 59.1 Å². The Bertz CT molecular complexity index is 348. The Kier molecular flexibility index (Phi) is 4.30. The molecular formula is C13H22N2O. The number of pyridine rings is 1. The second-order valence-corrected chi connectivity index (χ2v) is 4.68. The maximum atomic E-state index is 10.4. The van der Waals surface area contributed by atoms with E-state index in [1.807, 2.05) is 19.9 Å². The van der Waals surface area contributed by atoms with Crippen LogP contribution in [0.25, 0.3) is 0 Å². The van der Waals surface area contributed by atoms with Gasteiger partial charge in [-0.3, -0.25) is 0 Å². The van der Waals surface area contributed by atoms with Gasteiger partial charge in [-0.1, -0.05) is 26.2 Å². The number of aliphatic hydroxyl groups is 1. The summed E-state index contributed by atoms with van der Waals surface area (Å²) >= 11 is 0. The molecule has 1 atom stereocenters. The minimum atomic E-state index is -0.863. The van der Waals surface area contributed by atoms with Gasteiger partial charge in [-0.25, -0.2) is 4.98 Å². The summed E-state index contributed by atoms with van der Waals surface area (Å²) in [5.74, 6) is 0.437. The summed E-state index contributed by atoms with van der Waals surface area (Å²) in [5.41, 5.74) is 6.73. The van der Waals surface area contributed by atoms with Gasteiger partial charge >= 0.3 is 0 Å². The number of rotatable bonds is 5. The molecule has 3 N–H and O–H groups in total. The highest BCUT2D eigenvalue weighted by Gasteiger charge is 2.25. The van der Waals surface area contributed by atoms with Crippen LogP contribution in [0.15, 0.2) is 12.3 Å². The molecule has 0 fully saturated rings. The SMILES string of the molecule is CCCCCC(C)(O)c1cc(C)cnc1N. The van der Waals surface area contributed by atoms with Crippen molar-refractivity contribution in [2.75, 3.05) is 5.73 Å². The average Bonchev–Trinajstić information content (AvgIpc) is 2.22. The molecule has 1 heterocycles. The first-order valence-corrected chi connectivity index (χ1v) is 5.92. The van der Waals surface area contributed by atoms with E-state index in [0.29, 0.717) is 5.82 Å². The maximum absolute atomic E-state index is 10.4. The van der Waals surface area contributed by atoms with Crippen molar-refractivity contribution in [3.63, 3.8) is 0 Å². The molecule has 1 rings (SSSR count). The van der Waals surface area contributed by atoms with Gasteiger partial charge in [0.25, 0.3) is 0 Å². The first kappa shape index (κ1) is 13.0. The summed E-state index contributed by atoms with van der Waals surface area (Å²) in [4.78, 5) is 4.09. The van der Waals surface area contributed by atoms with E-state index < -0.39 is 5.60 Å². The molecule has 90 valence electrons. The lowest BCUT2D eigenvalue weighted by Crippen LogP contribution is -2.23. The average molecular weight is 222 g/mol. The second kappa shape index (κ2) is 5.30. The van der Waals surface area contributed by atoms with Gasteiger partial charge in [0, 0.05) is 11.8 Å². The molecule has 0 saturated carbocycles. The summed E-state index contributed by atoms with van der Waals surface area (Å²) in [6.07, 6.45) is 5.75. The molecular weight excluding hydrogens is 200 g/mol. The predicted octanol–water partition coefficient (Wildman–Crippen LogP) is 2.76. The molecule has 0 spiro atoms. The van der Waals surface area contributed by atoms with Crippen molar-refractivity contribution in [1.82, 2.24) is 4.98 Å². The standard InChI is InChI=1S/C13H22N2O/c1-4-5-6-7-13(3,16)11-8-10(2)9-15-12(11)14/h8-9,16H,4-7H2,1-3H3,(H2,14,15). The van der Waals surface area contributed by atoms with Crippen LogP contribution in [0.2, 0.25) is 0 Å². The summed E-state index contributed by atoms with van der Waals surface area (Å²) < 4.78 is 0. The predicted molar refractivity (Wildman–Crippen MR) is 67.1 cm³/mol. The minimum Gasteiger partial charge on any atom is -0.385 e. The molecule has 0 saturated heterocycles. The van der Waals surface area contributed by atoms with Crippen LogP contribution in [-0.4, -0.2) is 10.1 Å². The third-order valence-corrected chi connectivity index (χ3v) is 2.90. The van der Waals surface area contributed by atoms with Crippen molar-refractivity contribution in [1.29, 1.82) is 0 Å². The number of aromatic nitrogens is 1. The zero-order valence-electron chi connectivity index (χ0n) is 10.5. The molecule has 3 nitrogen and oxygen atoms in total. The van der Waals surface area contributed by atoms with Gasteiger partial charge in [-0.15, -0.1) is 0 Å². The zero-order valence-corrected chi connectivity index (χ0v) is 10.5. The van der Waals surface area contributed by atoms with Crippen LogP contribution in [-0.2, 0) is 5.60 Å². The molecule has 0 aliphatic rings. The van der Waals surface area contributed by atoms with Gasteiger partial charge in [0.2, 0.25) is 0 Å². The molecule has 16 heavy (non-hydrogen) atoms. The molecule has 0 amide bonds. The van der Waals surface area contributed by atoms with E-state index in [1.54, 1.807) is 6.20 Å². The van der Waals surface area contributed by atoms with E-state index in [9.17, 15) is 5.11 Å². The summed E-state index contributed by atoms with van der Waals surface area (Å²) in [6.45, 7) is 5.92. The summed E-state index contributed by atoms with van der Waals surface area (Å²) in [5, 5.41) is 10.4. The first-order valence-electron chi connectivity index (χ1n) is 5.92. The van der Waals surface area contributed by atoms with Crippen LogP contribution >= 0.6 is 0 Å². The number of nitrogen functional groups attached to an aromatic ring is 1. The van der Waals surface area contributed by atoms with Crippen LogP contribution in [0, 0.1) is 6.92 Å². The number of nitrogens with two attached hydrogens (primary N) is 1. The molecule has 1 aromatic rings. The first-order chi connectivity index (χ1) is 7.47. The number of hydrogen-bond donors (Lipinski definition) is 2. The Morgan fingerprint density at radius 1 is 1.44 bits per heavy atom. The lowest BCUT2D eigenvalue weighted by atomic mass is 9.90. The fraction of sp³-hybridized carbons (Fsp3) is 0.615. The van der Waals surface area contributed by atoms with Gasteiger partial charge in [0.1, 0.15) is 5.82 Å². The Morgan fingerprint density at radius 3 is 2.75 bits per heavy atom. The molecule has 1 aromatic heterocycles. The maximum Gasteiger partial charge on any atom is 0.129 e. The normalized spacial score (nSPS) is 14.8. The molecule has 0 bridgehead atoms. The molecule has 0 aliphatic heterocycles. The largest absolute Gasteiger partial charge is 0.385 e. The van der Waals surface area contributed by atoms with E-state index in [2.05, 4.69) is 11.9 Å². The van der Waals surface area contributed by atoms with Crippen molar-refractivity contribution in [3.05, 3.63) is 23.4 Å². The number of nitrogens with zero attached hydrogens (tertiary/aromatic N) is 1. The van der Waals surface area contributed by atoms with Crippen molar-refractivity contribution in [3.8, 4) is 0 Å². The fourth-order valence-corrected chi connectivity index (χ4v) is 1.87. The van der Waals surface area contributed by atoms with Gasteiger partial charge in [0.15, 0.2) is 0 Å². The monoisotopic (exact) mass is 222 g/mol. The molecule has 1 unspecified atom stereocenters. The Hall–Kier alpha value is -1.09. The van der Waals surface area contributed by atoms with E-state index in [1.165, 1.54) is 0 Å². The van der Waals surface area contributed by atoms with Crippen molar-refractivity contribution < 1.29 is 5.11 Å². The summed E-state index contributed by atoms with van der Waals surface area (Å²) in [6, 6.07) is 1.92. The highest BCUT2D eigenvalue weighted by Crippen LogP contribution is 2.30. The van der Waals surface area contributed by atoms with E-state index in [-0.39, 0.29) is 0 Å². The van der Waals surface area contributed by atoms with Gasteiger partial charge in [-0.2, -0.15) is 0 Å². The van der Waals surface area contributed by atoms with Gasteiger partial charge in [0.05, 0.1) is 5.60 Å². The van der Waals surface area contributed by atoms with Crippen LogP contribution in [0.3, 0.4) is 0 Å². The van der Waals surface area contributed by atoms with E-state index >= 15 is 0 Å². The van der Waals surface area contributed by atoms with Crippen LogP contribution < -0.4 is 5.73 Å². The highest BCUT2D eigenvalue weighted by atomic mass is 16.3. The molecule has 0 aliphatic carbocycles. The van der Waals surface area contributed by atoms with Crippen LogP contribution in [0.5, 0.6) is 0 Å². The van der Waals surface area contributed by atoms with Crippen molar-refractivity contribution in [2.45, 2.75) is 52.1 Å². The van der Waals surface area contributed by atoms with Crippen molar-refractivity contribution in [2.24, 2.45) is 0 Å². The second-order valence-electron chi connectivity index (χ2n) is 4.68. The lowest BCUT2D eigenvalue weighted by molar-refractivity contribution is 0.0454. The van der Waals surface area contributed by atoms with Gasteiger partial charge in [-0.05, 0) is 31.9 Å². The van der Waals surface area contributed by atoms with Crippen LogP contribution in [0.1, 0.15) is 50.7 Å². The molecule has 0 radical (unpaired) electrons. The lowest BCUT2D eigenvalue weighted by Gasteiger charge is -2.25. The van der Waals surface area contributed by atoms with Crippen molar-refractivity contribution >= 4 is 5.82 Å². The Balaban J connectivity index is 2.83. The number of aryl methyl sites for hydroxylation is 1. The number of hydrogen-bond acceptors (Lipinski definition) is 3. The molecule has 3 heteroatoms. The quantitative estimate of drug-likeness (QED) is 0.753. The van der Waals surface area contributed by atoms with Gasteiger partial charge < -0.3 is 10.8 Å². The number of unbranched alkanes of at least 4 members (excludes halogenated alkanes) is 2. The Labute approximate surface area is 97.7 Å². The summed E-state index contributed by atoms with van der Waals surface area (Å²) in [7, 11) is 0.